The van der Waals surface area contributed by atoms with Crippen molar-refractivity contribution in [1.82, 2.24) is 14.6 Å². The molecule has 8 rings (SSSR count). The zero-order chi connectivity index (χ0) is 45.4. The van der Waals surface area contributed by atoms with E-state index in [1.54, 1.807) is 85.9 Å². The predicted octanol–water partition coefficient (Wildman–Crippen LogP) is 7.48. The maximum absolute atomic E-state index is 14.5. The van der Waals surface area contributed by atoms with Crippen molar-refractivity contribution < 1.29 is 37.4 Å². The van der Waals surface area contributed by atoms with Crippen LogP contribution in [0, 0.1) is 18.3 Å². The first-order chi connectivity index (χ1) is 30.6. The minimum Gasteiger partial charge on any atom is -0.489 e. The number of sulfonamides is 1. The Hall–Kier alpha value is -6.48. The highest BCUT2D eigenvalue weighted by Gasteiger charge is 2.44. The van der Waals surface area contributed by atoms with Crippen molar-refractivity contribution in [1.29, 1.82) is 5.26 Å². The monoisotopic (exact) mass is 936 g/mol. The smallest absolute Gasteiger partial charge is 0.326 e. The van der Waals surface area contributed by atoms with Gasteiger partial charge < -0.3 is 30.5 Å². The number of benzene rings is 5. The summed E-state index contributed by atoms with van der Waals surface area (Å²) in [5.41, 5.74) is 11.8. The molecule has 1 aromatic heterocycles. The molecule has 18 heteroatoms. The van der Waals surface area contributed by atoms with Gasteiger partial charge in [-0.2, -0.15) is 9.57 Å². The van der Waals surface area contributed by atoms with Gasteiger partial charge in [-0.25, -0.2) is 18.2 Å². The van der Waals surface area contributed by atoms with E-state index in [9.17, 15) is 27.9 Å². The lowest BCUT2D eigenvalue weighted by molar-refractivity contribution is -0.142. The van der Waals surface area contributed by atoms with E-state index in [0.29, 0.717) is 55.0 Å². The third-order valence-corrected chi connectivity index (χ3v) is 15.2. The Morgan fingerprint density at radius 1 is 0.984 bits per heavy atom. The molecule has 1 unspecified atom stereocenters. The summed E-state index contributed by atoms with van der Waals surface area (Å²) in [6.07, 6.45) is -1.28. The molecule has 0 radical (unpaired) electrons. The summed E-state index contributed by atoms with van der Waals surface area (Å²) in [5.74, 6) is -1.64. The number of amides is 2. The van der Waals surface area contributed by atoms with Crippen molar-refractivity contribution in [3.8, 4) is 28.7 Å². The maximum Gasteiger partial charge on any atom is 0.326 e. The van der Waals surface area contributed by atoms with Crippen molar-refractivity contribution in [2.24, 2.45) is 0 Å². The van der Waals surface area contributed by atoms with Crippen LogP contribution in [-0.2, 0) is 50.4 Å². The number of hydrogen-bond donors (Lipinski definition) is 3. The summed E-state index contributed by atoms with van der Waals surface area (Å²) in [6, 6.07) is 28.9. The summed E-state index contributed by atoms with van der Waals surface area (Å²) in [6.45, 7) is 1.45. The second-order valence-corrected chi connectivity index (χ2v) is 19.2. The first-order valence-corrected chi connectivity index (χ1v) is 22.7. The maximum atomic E-state index is 14.5. The predicted molar refractivity (Wildman–Crippen MR) is 242 cm³/mol. The standard InChI is InChI=1S/C46H38Cl2N6O8S2/c1-25-45(63-46(50)51-25)64(59,60)54-23-33-21-40-38(53(2)43(56)41(62-40)31-12-14-34(15-13-31)61-24-28-7-16-35(47)36(48)17-28)19-32(33)20-39(54)42(55)52-37(44(57)58)18-26-3-8-29(9-4-26)30-10-5-27(22-49)6-11-30/h3-17,19,21,37,39,41H,18,20,23-24H2,1-2H3,(H2,50,51)(H,52,55)(H,57,58)/t37?,39-,41-/m0/s1. The molecule has 2 aliphatic rings. The molecule has 0 spiro atoms. The van der Waals surface area contributed by atoms with Crippen molar-refractivity contribution in [3.63, 3.8) is 0 Å². The van der Waals surface area contributed by atoms with Gasteiger partial charge in [-0.3, -0.25) is 9.59 Å². The Morgan fingerprint density at radius 2 is 1.66 bits per heavy atom. The molecule has 0 bridgehead atoms. The molecule has 6 aromatic rings. The molecule has 2 aliphatic heterocycles. The van der Waals surface area contributed by atoms with E-state index in [1.165, 1.54) is 11.8 Å². The van der Waals surface area contributed by atoms with Gasteiger partial charge in [-0.05, 0) is 95.3 Å². The van der Waals surface area contributed by atoms with Gasteiger partial charge in [0.2, 0.25) is 12.0 Å². The van der Waals surface area contributed by atoms with Crippen LogP contribution in [0.25, 0.3) is 11.1 Å². The van der Waals surface area contributed by atoms with Crippen LogP contribution in [-0.4, -0.2) is 59.7 Å². The molecular formula is C46H38Cl2N6O8S2. The Morgan fingerprint density at radius 3 is 2.28 bits per heavy atom. The SMILES string of the molecule is Cc1nc(N)sc1S(=O)(=O)N1Cc2cc3c(cc2C[C@H]1C(=O)NC(Cc1ccc(-c2ccc(C#N)cc2)cc1)C(=O)O)N(C)C(=O)[C@H](c1ccc(OCc2ccc(Cl)c(Cl)c2)cc1)O3. The molecule has 14 nitrogen and oxygen atoms in total. The lowest BCUT2D eigenvalue weighted by atomic mass is 9.93. The number of carbonyl (C=O) groups excluding carboxylic acids is 2. The number of nitrogen functional groups attached to an aromatic ring is 1. The molecule has 0 saturated heterocycles. The average molecular weight is 938 g/mol. The number of halogens is 2. The number of carboxylic acid groups (broad SMARTS) is 1. The van der Waals surface area contributed by atoms with Crippen LogP contribution in [0.3, 0.4) is 0 Å². The highest BCUT2D eigenvalue weighted by atomic mass is 35.5. The number of nitrogens with zero attached hydrogens (tertiary/aromatic N) is 4. The highest BCUT2D eigenvalue weighted by molar-refractivity contribution is 7.91. The summed E-state index contributed by atoms with van der Waals surface area (Å²) in [4.78, 5) is 46.3. The number of nitrogens with two attached hydrogens (primary N) is 1. The molecule has 64 heavy (non-hydrogen) atoms. The van der Waals surface area contributed by atoms with Crippen molar-refractivity contribution in [3.05, 3.63) is 152 Å². The molecule has 0 fully saturated rings. The van der Waals surface area contributed by atoms with Gasteiger partial charge >= 0.3 is 5.97 Å². The fraction of sp³-hybridized carbons (Fsp3) is 0.196. The van der Waals surface area contributed by atoms with Crippen LogP contribution in [0.2, 0.25) is 10.0 Å². The number of nitriles is 1. The third-order valence-electron chi connectivity index (χ3n) is 11.1. The topological polar surface area (TPSA) is 205 Å². The zero-order valence-corrected chi connectivity index (χ0v) is 37.3. The number of nitrogens with one attached hydrogen (secondary N) is 1. The van der Waals surface area contributed by atoms with E-state index in [1.807, 2.05) is 24.3 Å². The van der Waals surface area contributed by atoms with Crippen LogP contribution in [0.5, 0.6) is 11.5 Å². The molecule has 2 amide bonds. The van der Waals surface area contributed by atoms with Gasteiger partial charge in [-0.1, -0.05) is 89.1 Å². The summed E-state index contributed by atoms with van der Waals surface area (Å²) < 4.78 is 42.1. The van der Waals surface area contributed by atoms with Gasteiger partial charge in [0, 0.05) is 25.6 Å². The lowest BCUT2D eigenvalue weighted by Crippen LogP contribution is -2.55. The Balaban J connectivity index is 1.04. The van der Waals surface area contributed by atoms with Gasteiger partial charge in [0.05, 0.1) is 33.1 Å². The Bertz CT molecular complexity index is 2960. The van der Waals surface area contributed by atoms with Crippen LogP contribution in [0.15, 0.2) is 107 Å². The minimum absolute atomic E-state index is 0.0258. The number of anilines is 2. The fourth-order valence-corrected chi connectivity index (χ4v) is 10.9. The largest absolute Gasteiger partial charge is 0.489 e. The number of thiazole rings is 1. The number of fused-ring (bicyclic) bond motifs is 2. The highest BCUT2D eigenvalue weighted by Crippen LogP contribution is 2.43. The van der Waals surface area contributed by atoms with E-state index >= 15 is 0 Å². The van der Waals surface area contributed by atoms with Crippen LogP contribution in [0.1, 0.15) is 45.2 Å². The normalized spacial score (nSPS) is 16.5. The number of aromatic nitrogens is 1. The Kier molecular flexibility index (Phi) is 12.4. The summed E-state index contributed by atoms with van der Waals surface area (Å²) in [7, 11) is -2.83. The average Bonchev–Trinajstić information content (AvgIpc) is 3.65. The van der Waals surface area contributed by atoms with E-state index in [0.717, 1.165) is 32.3 Å². The zero-order valence-electron chi connectivity index (χ0n) is 34.1. The van der Waals surface area contributed by atoms with Crippen molar-refractivity contribution in [2.75, 3.05) is 17.7 Å². The number of rotatable bonds is 12. The van der Waals surface area contributed by atoms with Crippen molar-refractivity contribution in [2.45, 2.75) is 55.3 Å². The van der Waals surface area contributed by atoms with Gasteiger partial charge in [-0.15, -0.1) is 0 Å². The number of carboxylic acids is 1. The number of ether oxygens (including phenoxy) is 2. The number of aliphatic carboxylic acids is 1. The van der Waals surface area contributed by atoms with E-state index in [2.05, 4.69) is 16.4 Å². The van der Waals surface area contributed by atoms with E-state index in [-0.39, 0.29) is 46.9 Å². The molecule has 0 aliphatic carbocycles. The van der Waals surface area contributed by atoms with Crippen molar-refractivity contribution >= 4 is 73.2 Å². The molecular weight excluding hydrogens is 900 g/mol. The Labute approximate surface area is 382 Å². The second-order valence-electron chi connectivity index (χ2n) is 15.3. The molecule has 3 atom stereocenters. The molecule has 3 heterocycles. The number of aryl methyl sites for hydroxylation is 1. The lowest BCUT2D eigenvalue weighted by Gasteiger charge is -2.38. The van der Waals surface area contributed by atoms with Gasteiger partial charge in [0.25, 0.3) is 15.9 Å². The molecule has 5 aromatic carbocycles. The van der Waals surface area contributed by atoms with E-state index in [4.69, 9.17) is 43.7 Å². The first-order valence-electron chi connectivity index (χ1n) is 19.7. The first kappa shape index (κ1) is 44.1. The second kappa shape index (κ2) is 17.9. The fourth-order valence-electron chi connectivity index (χ4n) is 7.65. The number of hydrogen-bond acceptors (Lipinski definition) is 11. The molecule has 0 saturated carbocycles. The molecule has 326 valence electrons. The van der Waals surface area contributed by atoms with Crippen LogP contribution in [0.4, 0.5) is 10.8 Å². The van der Waals surface area contributed by atoms with Gasteiger partial charge in [0.15, 0.2) is 9.34 Å². The number of likely N-dealkylation sites (N-methyl/N-ethyl adjacent to an activating group) is 1. The summed E-state index contributed by atoms with van der Waals surface area (Å²) in [5, 5.41) is 22.9. The van der Waals surface area contributed by atoms with Crippen LogP contribution < -0.4 is 25.4 Å². The minimum atomic E-state index is -4.43. The third kappa shape index (κ3) is 8.99. The van der Waals surface area contributed by atoms with E-state index < -0.39 is 40.1 Å². The quantitative estimate of drug-likeness (QED) is 0.110. The van der Waals surface area contributed by atoms with Gasteiger partial charge in [0.1, 0.15) is 30.2 Å². The number of carbonyl (C=O) groups is 3. The molecule has 4 N–H and O–H groups in total. The van der Waals surface area contributed by atoms with Crippen LogP contribution >= 0.6 is 34.5 Å². The summed E-state index contributed by atoms with van der Waals surface area (Å²) >= 11 is 12.9.